The Morgan fingerprint density at radius 3 is 2.94 bits per heavy atom. The van der Waals surface area contributed by atoms with E-state index >= 15 is 0 Å². The summed E-state index contributed by atoms with van der Waals surface area (Å²) in [6, 6.07) is 4.68. The summed E-state index contributed by atoms with van der Waals surface area (Å²) in [5, 5.41) is 12.2. The number of carbonyl (C=O) groups excluding carboxylic acids is 1. The fourth-order valence-electron chi connectivity index (χ4n) is 1.43. The molecule has 1 heterocycles. The van der Waals surface area contributed by atoms with Crippen LogP contribution in [0, 0.1) is 0 Å². The molecular formula is C12H12N4O2. The fraction of sp³-hybridized carbons (Fsp3) is 0.0833. The lowest BCUT2D eigenvalue weighted by molar-refractivity contribution is 0.0945. The molecule has 0 aliphatic heterocycles. The van der Waals surface area contributed by atoms with Gasteiger partial charge in [-0.25, -0.2) is 4.98 Å². The molecule has 0 unspecified atom stereocenters. The second kappa shape index (κ2) is 5.13. The van der Waals surface area contributed by atoms with Crippen LogP contribution in [-0.2, 0) is 6.54 Å². The average Bonchev–Trinajstić information content (AvgIpc) is 2.40. The number of nitrogen functional groups attached to an aromatic ring is 1. The quantitative estimate of drug-likeness (QED) is 0.545. The smallest absolute Gasteiger partial charge is 0.271 e. The first kappa shape index (κ1) is 11.8. The lowest BCUT2D eigenvalue weighted by atomic mass is 10.2. The van der Waals surface area contributed by atoms with E-state index in [2.05, 4.69) is 15.3 Å². The molecule has 0 saturated heterocycles. The minimum Gasteiger partial charge on any atom is -0.508 e. The molecule has 1 aromatic carbocycles. The molecular weight excluding hydrogens is 232 g/mol. The molecule has 4 N–H and O–H groups in total. The molecule has 0 aliphatic rings. The van der Waals surface area contributed by atoms with Crippen molar-refractivity contribution < 1.29 is 9.90 Å². The third kappa shape index (κ3) is 2.73. The van der Waals surface area contributed by atoms with Gasteiger partial charge in [-0.15, -0.1) is 0 Å². The van der Waals surface area contributed by atoms with Gasteiger partial charge in [-0.2, -0.15) is 0 Å². The standard InChI is InChI=1S/C12H12N4O2/c13-9-1-2-11(17)8(5-9)6-16-12(18)10-7-14-3-4-15-10/h1-5,7,17H,6,13H2,(H,16,18). The second-order valence-electron chi connectivity index (χ2n) is 3.66. The number of aromatic nitrogens is 2. The summed E-state index contributed by atoms with van der Waals surface area (Å²) in [6.07, 6.45) is 4.29. The van der Waals surface area contributed by atoms with Crippen LogP contribution < -0.4 is 11.1 Å². The molecule has 2 rings (SSSR count). The highest BCUT2D eigenvalue weighted by atomic mass is 16.3. The number of benzene rings is 1. The maximum Gasteiger partial charge on any atom is 0.271 e. The highest BCUT2D eigenvalue weighted by Gasteiger charge is 2.08. The van der Waals surface area contributed by atoms with E-state index in [4.69, 9.17) is 5.73 Å². The van der Waals surface area contributed by atoms with Crippen LogP contribution in [0.5, 0.6) is 5.75 Å². The van der Waals surface area contributed by atoms with Gasteiger partial charge in [0.15, 0.2) is 0 Å². The summed E-state index contributed by atoms with van der Waals surface area (Å²) in [6.45, 7) is 0.173. The molecule has 0 saturated carbocycles. The first-order chi connectivity index (χ1) is 8.66. The largest absolute Gasteiger partial charge is 0.508 e. The third-order valence-corrected chi connectivity index (χ3v) is 2.34. The molecule has 6 heteroatoms. The first-order valence-corrected chi connectivity index (χ1v) is 5.28. The van der Waals surface area contributed by atoms with Crippen LogP contribution in [0.25, 0.3) is 0 Å². The summed E-state index contributed by atoms with van der Waals surface area (Å²) >= 11 is 0. The van der Waals surface area contributed by atoms with Crippen molar-refractivity contribution in [3.63, 3.8) is 0 Å². The minimum absolute atomic E-state index is 0.0867. The molecule has 6 nitrogen and oxygen atoms in total. The van der Waals surface area contributed by atoms with Gasteiger partial charge in [0.1, 0.15) is 11.4 Å². The number of rotatable bonds is 3. The normalized spacial score (nSPS) is 10.0. The molecule has 0 spiro atoms. The Morgan fingerprint density at radius 2 is 2.22 bits per heavy atom. The van der Waals surface area contributed by atoms with Gasteiger partial charge in [-0.1, -0.05) is 0 Å². The van der Waals surface area contributed by atoms with Crippen LogP contribution in [0.4, 0.5) is 5.69 Å². The molecule has 92 valence electrons. The Hall–Kier alpha value is -2.63. The Bertz CT molecular complexity index is 557. The minimum atomic E-state index is -0.357. The Kier molecular flexibility index (Phi) is 3.38. The fourth-order valence-corrected chi connectivity index (χ4v) is 1.43. The Labute approximate surface area is 104 Å². The van der Waals surface area contributed by atoms with Crippen LogP contribution in [0.2, 0.25) is 0 Å². The predicted octanol–water partition coefficient (Wildman–Crippen LogP) is 0.694. The predicted molar refractivity (Wildman–Crippen MR) is 65.7 cm³/mol. The number of anilines is 1. The monoisotopic (exact) mass is 244 g/mol. The van der Waals surface area contributed by atoms with Crippen molar-refractivity contribution in [2.24, 2.45) is 0 Å². The number of hydrogen-bond acceptors (Lipinski definition) is 5. The first-order valence-electron chi connectivity index (χ1n) is 5.28. The van der Waals surface area contributed by atoms with Crippen molar-refractivity contribution in [1.82, 2.24) is 15.3 Å². The van der Waals surface area contributed by atoms with Gasteiger partial charge in [0.2, 0.25) is 0 Å². The SMILES string of the molecule is Nc1ccc(O)c(CNC(=O)c2cnccn2)c1. The zero-order chi connectivity index (χ0) is 13.0. The van der Waals surface area contributed by atoms with Crippen LogP contribution >= 0.6 is 0 Å². The van der Waals surface area contributed by atoms with E-state index in [-0.39, 0.29) is 23.9 Å². The number of phenolic OH excluding ortho intramolecular Hbond substituents is 1. The summed E-state index contributed by atoms with van der Waals surface area (Å²) in [7, 11) is 0. The molecule has 0 atom stereocenters. The van der Waals surface area contributed by atoms with E-state index in [1.165, 1.54) is 24.7 Å². The zero-order valence-corrected chi connectivity index (χ0v) is 9.50. The third-order valence-electron chi connectivity index (χ3n) is 2.34. The summed E-state index contributed by atoms with van der Waals surface area (Å²) in [4.78, 5) is 19.4. The van der Waals surface area contributed by atoms with Gasteiger partial charge in [0.05, 0.1) is 6.20 Å². The van der Waals surface area contributed by atoms with E-state index in [1.807, 2.05) is 0 Å². The maximum absolute atomic E-state index is 11.7. The van der Waals surface area contributed by atoms with Gasteiger partial charge in [0, 0.05) is 30.2 Å². The van der Waals surface area contributed by atoms with Crippen LogP contribution in [-0.4, -0.2) is 21.0 Å². The number of carbonyl (C=O) groups is 1. The van der Waals surface area contributed by atoms with Gasteiger partial charge in [0.25, 0.3) is 5.91 Å². The lowest BCUT2D eigenvalue weighted by Gasteiger charge is -2.07. The number of amides is 1. The second-order valence-corrected chi connectivity index (χ2v) is 3.66. The van der Waals surface area contributed by atoms with Crippen molar-refractivity contribution in [2.45, 2.75) is 6.54 Å². The molecule has 1 amide bonds. The van der Waals surface area contributed by atoms with Crippen molar-refractivity contribution in [1.29, 1.82) is 0 Å². The number of nitrogens with zero attached hydrogens (tertiary/aromatic N) is 2. The number of hydrogen-bond donors (Lipinski definition) is 3. The van der Waals surface area contributed by atoms with E-state index in [0.717, 1.165) is 0 Å². The van der Waals surface area contributed by atoms with Crippen LogP contribution in [0.3, 0.4) is 0 Å². The zero-order valence-electron chi connectivity index (χ0n) is 9.50. The average molecular weight is 244 g/mol. The number of nitrogens with one attached hydrogen (secondary N) is 1. The van der Waals surface area contributed by atoms with Gasteiger partial charge < -0.3 is 16.2 Å². The summed E-state index contributed by atoms with van der Waals surface area (Å²) in [5.74, 6) is -0.270. The lowest BCUT2D eigenvalue weighted by Crippen LogP contribution is -2.23. The van der Waals surface area contributed by atoms with E-state index < -0.39 is 0 Å². The summed E-state index contributed by atoms with van der Waals surface area (Å²) < 4.78 is 0. The van der Waals surface area contributed by atoms with Crippen molar-refractivity contribution in [2.75, 3.05) is 5.73 Å². The van der Waals surface area contributed by atoms with Crippen molar-refractivity contribution >= 4 is 11.6 Å². The van der Waals surface area contributed by atoms with E-state index in [0.29, 0.717) is 11.3 Å². The van der Waals surface area contributed by atoms with Gasteiger partial charge in [-0.05, 0) is 18.2 Å². The maximum atomic E-state index is 11.7. The van der Waals surface area contributed by atoms with Crippen molar-refractivity contribution in [3.05, 3.63) is 48.0 Å². The van der Waals surface area contributed by atoms with E-state index in [1.54, 1.807) is 12.1 Å². The van der Waals surface area contributed by atoms with Crippen LogP contribution in [0.15, 0.2) is 36.8 Å². The highest BCUT2D eigenvalue weighted by molar-refractivity contribution is 5.91. The molecule has 18 heavy (non-hydrogen) atoms. The Balaban J connectivity index is 2.04. The highest BCUT2D eigenvalue weighted by Crippen LogP contribution is 2.19. The number of aromatic hydroxyl groups is 1. The molecule has 0 radical (unpaired) electrons. The summed E-state index contributed by atoms with van der Waals surface area (Å²) in [5.41, 5.74) is 6.89. The molecule has 0 aliphatic carbocycles. The molecule has 2 aromatic rings. The Morgan fingerprint density at radius 1 is 1.39 bits per heavy atom. The topological polar surface area (TPSA) is 101 Å². The van der Waals surface area contributed by atoms with Gasteiger partial charge >= 0.3 is 0 Å². The molecule has 0 fully saturated rings. The van der Waals surface area contributed by atoms with Crippen LogP contribution in [0.1, 0.15) is 16.1 Å². The van der Waals surface area contributed by atoms with Gasteiger partial charge in [-0.3, -0.25) is 9.78 Å². The molecule has 0 bridgehead atoms. The number of nitrogens with two attached hydrogens (primary N) is 1. The van der Waals surface area contributed by atoms with E-state index in [9.17, 15) is 9.90 Å². The van der Waals surface area contributed by atoms with Crippen molar-refractivity contribution in [3.8, 4) is 5.75 Å². The number of phenols is 1. The molecule has 1 aromatic heterocycles.